The van der Waals surface area contributed by atoms with E-state index < -0.39 is 48.9 Å². The van der Waals surface area contributed by atoms with Crippen molar-refractivity contribution in [2.45, 2.75) is 68.9 Å². The maximum Gasteiger partial charge on any atom is 0.281 e. The van der Waals surface area contributed by atoms with Gasteiger partial charge in [-0.25, -0.2) is 31.3 Å². The zero-order valence-corrected chi connectivity index (χ0v) is 16.4. The number of rotatable bonds is 5. The first-order chi connectivity index (χ1) is 14.0. The third-order valence-corrected chi connectivity index (χ3v) is 6.21. The van der Waals surface area contributed by atoms with E-state index in [-0.39, 0.29) is 48.4 Å². The number of thiazole rings is 1. The van der Waals surface area contributed by atoms with Crippen LogP contribution in [0.5, 0.6) is 0 Å². The fourth-order valence-corrected chi connectivity index (χ4v) is 4.78. The van der Waals surface area contributed by atoms with Crippen molar-refractivity contribution >= 4 is 23.2 Å². The van der Waals surface area contributed by atoms with Gasteiger partial charge < -0.3 is 10.6 Å². The van der Waals surface area contributed by atoms with Crippen molar-refractivity contribution in [3.8, 4) is 10.8 Å². The Labute approximate surface area is 171 Å². The number of hydrogen-bond donors (Lipinski definition) is 1. The summed E-state index contributed by atoms with van der Waals surface area (Å²) >= 11 is 0.866. The Kier molecular flexibility index (Phi) is 5.27. The van der Waals surface area contributed by atoms with E-state index in [0.29, 0.717) is 0 Å². The minimum absolute atomic E-state index is 0.0501. The molecule has 4 rings (SSSR count). The van der Waals surface area contributed by atoms with Crippen molar-refractivity contribution in [3.63, 3.8) is 0 Å². The minimum atomic E-state index is -2.91. The van der Waals surface area contributed by atoms with Crippen LogP contribution in [0, 0.1) is 0 Å². The number of alkyl halides is 6. The molecule has 2 heterocycles. The molecule has 0 bridgehead atoms. The predicted octanol–water partition coefficient (Wildman–Crippen LogP) is 4.70. The summed E-state index contributed by atoms with van der Waals surface area (Å²) in [6.07, 6.45) is -4.37. The summed E-state index contributed by atoms with van der Waals surface area (Å²) in [5.41, 5.74) is 5.29. The van der Waals surface area contributed by atoms with Crippen LogP contribution in [0.3, 0.4) is 0 Å². The van der Waals surface area contributed by atoms with E-state index in [4.69, 9.17) is 5.73 Å². The molecule has 0 amide bonds. The van der Waals surface area contributed by atoms with Gasteiger partial charge in [0.05, 0.1) is 0 Å². The van der Waals surface area contributed by atoms with Gasteiger partial charge in [-0.05, 0) is 12.8 Å². The van der Waals surface area contributed by atoms with E-state index in [9.17, 15) is 26.3 Å². The van der Waals surface area contributed by atoms with Crippen LogP contribution in [0.2, 0.25) is 0 Å². The molecule has 30 heavy (non-hydrogen) atoms. The summed E-state index contributed by atoms with van der Waals surface area (Å²) in [5, 5.41) is 1.20. The molecule has 0 aromatic carbocycles. The standard InChI is InChI=1S/C17H18F6N6S/c18-11(19)10-7-30-13(25-10)12-26-14(24)28-15(27-12)29(8-1-3-16(20,21)5-8)9-2-4-17(22,23)6-9/h7-9,11H,1-6H2,(H2,24,26,27,28). The van der Waals surface area contributed by atoms with E-state index in [1.165, 1.54) is 4.90 Å². The van der Waals surface area contributed by atoms with E-state index in [2.05, 4.69) is 19.9 Å². The molecule has 2 aliphatic rings. The molecule has 2 aromatic heterocycles. The number of anilines is 2. The molecule has 0 aliphatic heterocycles. The molecule has 2 unspecified atom stereocenters. The zero-order valence-electron chi connectivity index (χ0n) is 15.5. The average molecular weight is 452 g/mol. The Morgan fingerprint density at radius 1 is 0.967 bits per heavy atom. The fourth-order valence-electron chi connectivity index (χ4n) is 4.03. The summed E-state index contributed by atoms with van der Waals surface area (Å²) in [4.78, 5) is 17.3. The van der Waals surface area contributed by atoms with Crippen molar-refractivity contribution in [2.75, 3.05) is 10.6 Å². The summed E-state index contributed by atoms with van der Waals surface area (Å²) in [6, 6.07) is -1.50. The molecule has 0 radical (unpaired) electrons. The molecule has 2 saturated carbocycles. The zero-order chi connectivity index (χ0) is 21.7. The molecule has 2 aromatic rings. The van der Waals surface area contributed by atoms with Gasteiger partial charge in [-0.15, -0.1) is 11.3 Å². The molecule has 13 heteroatoms. The SMILES string of the molecule is Nc1nc(-c2nc(C(F)F)cs2)nc(N(C2CCC(F)(F)C2)C2CCC(F)(F)C2)n1. The minimum Gasteiger partial charge on any atom is -0.368 e. The summed E-state index contributed by atoms with van der Waals surface area (Å²) in [7, 11) is 0. The maximum absolute atomic E-state index is 13.9. The highest BCUT2D eigenvalue weighted by molar-refractivity contribution is 7.13. The smallest absolute Gasteiger partial charge is 0.281 e. The molecule has 0 saturated heterocycles. The third kappa shape index (κ3) is 4.30. The molecule has 2 aliphatic carbocycles. The summed E-state index contributed by atoms with van der Waals surface area (Å²) in [6.45, 7) is 0. The van der Waals surface area contributed by atoms with E-state index >= 15 is 0 Å². The van der Waals surface area contributed by atoms with Crippen molar-refractivity contribution in [1.82, 2.24) is 19.9 Å². The van der Waals surface area contributed by atoms with Gasteiger partial charge in [0, 0.05) is 43.1 Å². The maximum atomic E-state index is 13.9. The Bertz CT molecular complexity index is 896. The lowest BCUT2D eigenvalue weighted by Crippen LogP contribution is -2.43. The molecule has 2 N–H and O–H groups in total. The highest BCUT2D eigenvalue weighted by atomic mass is 32.1. The van der Waals surface area contributed by atoms with Crippen molar-refractivity contribution in [1.29, 1.82) is 0 Å². The number of hydrogen-bond acceptors (Lipinski definition) is 7. The van der Waals surface area contributed by atoms with Crippen molar-refractivity contribution in [2.24, 2.45) is 0 Å². The summed E-state index contributed by atoms with van der Waals surface area (Å²) in [5.74, 6) is -6.31. The highest BCUT2D eigenvalue weighted by Gasteiger charge is 2.49. The van der Waals surface area contributed by atoms with Crippen LogP contribution in [-0.4, -0.2) is 43.9 Å². The Hall–Kier alpha value is -2.18. The van der Waals surface area contributed by atoms with Crippen LogP contribution in [0.25, 0.3) is 10.8 Å². The molecule has 2 atom stereocenters. The van der Waals surface area contributed by atoms with Gasteiger partial charge in [0.15, 0.2) is 10.8 Å². The lowest BCUT2D eigenvalue weighted by Gasteiger charge is -2.34. The van der Waals surface area contributed by atoms with Gasteiger partial charge in [0.2, 0.25) is 23.7 Å². The molecular weight excluding hydrogens is 434 g/mol. The number of nitrogen functional groups attached to an aromatic ring is 1. The fraction of sp³-hybridized carbons (Fsp3) is 0.647. The average Bonchev–Trinajstić information content (AvgIpc) is 3.34. The molecular formula is C17H18F6N6S. The Balaban J connectivity index is 1.72. The quantitative estimate of drug-likeness (QED) is 0.663. The first kappa shape index (κ1) is 21.1. The van der Waals surface area contributed by atoms with Gasteiger partial charge in [0.1, 0.15) is 5.69 Å². The van der Waals surface area contributed by atoms with Gasteiger partial charge in [-0.2, -0.15) is 15.0 Å². The van der Waals surface area contributed by atoms with Crippen LogP contribution < -0.4 is 10.6 Å². The monoisotopic (exact) mass is 452 g/mol. The first-order valence-corrected chi connectivity index (χ1v) is 10.2. The largest absolute Gasteiger partial charge is 0.368 e. The normalized spacial score (nSPS) is 25.2. The second-order valence-electron chi connectivity index (χ2n) is 7.61. The Morgan fingerprint density at radius 2 is 1.57 bits per heavy atom. The van der Waals surface area contributed by atoms with Crippen LogP contribution in [0.1, 0.15) is 50.6 Å². The highest BCUT2D eigenvalue weighted by Crippen LogP contribution is 2.44. The number of aromatic nitrogens is 4. The molecule has 6 nitrogen and oxygen atoms in total. The lowest BCUT2D eigenvalue weighted by molar-refractivity contribution is 0.00541. The Morgan fingerprint density at radius 3 is 2.03 bits per heavy atom. The third-order valence-electron chi connectivity index (χ3n) is 5.35. The van der Waals surface area contributed by atoms with Gasteiger partial charge in [-0.3, -0.25) is 0 Å². The number of nitrogens with two attached hydrogens (primary N) is 1. The predicted molar refractivity (Wildman–Crippen MR) is 98.0 cm³/mol. The van der Waals surface area contributed by atoms with E-state index in [0.717, 1.165) is 16.7 Å². The van der Waals surface area contributed by atoms with Gasteiger partial charge in [-0.1, -0.05) is 0 Å². The summed E-state index contributed by atoms with van der Waals surface area (Å²) < 4.78 is 81.2. The van der Waals surface area contributed by atoms with E-state index in [1.54, 1.807) is 0 Å². The van der Waals surface area contributed by atoms with Crippen LogP contribution in [-0.2, 0) is 0 Å². The second-order valence-corrected chi connectivity index (χ2v) is 8.47. The molecule has 2 fully saturated rings. The van der Waals surface area contributed by atoms with Gasteiger partial charge in [0.25, 0.3) is 6.43 Å². The first-order valence-electron chi connectivity index (χ1n) is 9.32. The molecule has 0 spiro atoms. The van der Waals surface area contributed by atoms with Crippen LogP contribution in [0.15, 0.2) is 5.38 Å². The number of nitrogens with zero attached hydrogens (tertiary/aromatic N) is 5. The molecule has 164 valence electrons. The lowest BCUT2D eigenvalue weighted by atomic mass is 10.1. The van der Waals surface area contributed by atoms with Crippen molar-refractivity contribution in [3.05, 3.63) is 11.1 Å². The van der Waals surface area contributed by atoms with E-state index in [1.807, 2.05) is 0 Å². The van der Waals surface area contributed by atoms with Gasteiger partial charge >= 0.3 is 0 Å². The van der Waals surface area contributed by atoms with Crippen LogP contribution >= 0.6 is 11.3 Å². The second kappa shape index (κ2) is 7.50. The van der Waals surface area contributed by atoms with Crippen molar-refractivity contribution < 1.29 is 26.3 Å². The number of halogens is 6. The van der Waals surface area contributed by atoms with Crippen LogP contribution in [0.4, 0.5) is 38.2 Å². The topological polar surface area (TPSA) is 80.8 Å².